The molecule has 1 amide bonds. The molecule has 2 aromatic carbocycles. The number of amides is 1. The number of benzene rings is 2. The number of ether oxygens (including phenoxy) is 1. The summed E-state index contributed by atoms with van der Waals surface area (Å²) in [5.41, 5.74) is 2.02. The van der Waals surface area contributed by atoms with E-state index >= 15 is 0 Å². The molecule has 0 N–H and O–H groups in total. The van der Waals surface area contributed by atoms with E-state index in [0.717, 1.165) is 24.0 Å². The first-order chi connectivity index (χ1) is 15.3. The number of hydrogen-bond donors (Lipinski definition) is 0. The molecule has 2 aromatic rings. The third-order valence-electron chi connectivity index (χ3n) is 5.94. The number of rotatable bonds is 5. The Morgan fingerprint density at radius 3 is 2.44 bits per heavy atom. The van der Waals surface area contributed by atoms with Gasteiger partial charge in [-0.3, -0.25) is 4.79 Å². The predicted octanol–water partition coefficient (Wildman–Crippen LogP) is 3.25. The summed E-state index contributed by atoms with van der Waals surface area (Å²) < 4.78 is 33.2. The van der Waals surface area contributed by atoms with Crippen LogP contribution in [0, 0.1) is 0 Å². The van der Waals surface area contributed by atoms with E-state index in [2.05, 4.69) is 0 Å². The van der Waals surface area contributed by atoms with Gasteiger partial charge < -0.3 is 9.64 Å². The summed E-state index contributed by atoms with van der Waals surface area (Å²) in [6.45, 7) is 3.42. The SMILES string of the molecule is CC(OC(=O)c1cc(S(=O)(=O)N2CCc3ccccc3C2)ccc1Cl)C(=O)N1CCCC1. The molecule has 32 heavy (non-hydrogen) atoms. The van der Waals surface area contributed by atoms with Crippen molar-refractivity contribution in [2.24, 2.45) is 0 Å². The maximum absolute atomic E-state index is 13.3. The third kappa shape index (κ3) is 4.53. The summed E-state index contributed by atoms with van der Waals surface area (Å²) in [4.78, 5) is 26.8. The fourth-order valence-electron chi connectivity index (χ4n) is 4.11. The minimum absolute atomic E-state index is 0.0354. The zero-order valence-electron chi connectivity index (χ0n) is 17.8. The molecule has 4 rings (SSSR count). The zero-order valence-corrected chi connectivity index (χ0v) is 19.4. The van der Waals surface area contributed by atoms with Gasteiger partial charge in [-0.15, -0.1) is 0 Å². The van der Waals surface area contributed by atoms with Crippen LogP contribution in [0.3, 0.4) is 0 Å². The number of fused-ring (bicyclic) bond motifs is 1. The van der Waals surface area contributed by atoms with Gasteiger partial charge in [0.05, 0.1) is 15.5 Å². The van der Waals surface area contributed by atoms with E-state index in [9.17, 15) is 18.0 Å². The van der Waals surface area contributed by atoms with Crippen molar-refractivity contribution in [1.29, 1.82) is 0 Å². The molecule has 0 radical (unpaired) electrons. The lowest BCUT2D eigenvalue weighted by molar-refractivity contribution is -0.138. The lowest BCUT2D eigenvalue weighted by atomic mass is 10.0. The number of carbonyl (C=O) groups is 2. The van der Waals surface area contributed by atoms with Crippen LogP contribution in [0.1, 0.15) is 41.3 Å². The van der Waals surface area contributed by atoms with Gasteiger partial charge in [-0.1, -0.05) is 35.9 Å². The smallest absolute Gasteiger partial charge is 0.340 e. The van der Waals surface area contributed by atoms with Gasteiger partial charge >= 0.3 is 5.97 Å². The molecule has 0 aliphatic carbocycles. The molecule has 1 unspecified atom stereocenters. The van der Waals surface area contributed by atoms with Crippen LogP contribution in [0.25, 0.3) is 0 Å². The van der Waals surface area contributed by atoms with E-state index in [1.54, 1.807) is 4.90 Å². The number of sulfonamides is 1. The molecule has 0 spiro atoms. The summed E-state index contributed by atoms with van der Waals surface area (Å²) in [6.07, 6.45) is 1.50. The lowest BCUT2D eigenvalue weighted by Crippen LogP contribution is -2.38. The van der Waals surface area contributed by atoms with Gasteiger partial charge in [0.2, 0.25) is 10.0 Å². The fraction of sp³-hybridized carbons (Fsp3) is 0.391. The maximum atomic E-state index is 13.3. The molecule has 2 aliphatic rings. The summed E-state index contributed by atoms with van der Waals surface area (Å²) in [5, 5.41) is 0.0683. The first kappa shape index (κ1) is 22.8. The molecule has 1 saturated heterocycles. The number of hydrogen-bond acceptors (Lipinski definition) is 5. The third-order valence-corrected chi connectivity index (χ3v) is 8.11. The Balaban J connectivity index is 1.53. The van der Waals surface area contributed by atoms with Gasteiger partial charge in [0.1, 0.15) is 0 Å². The number of esters is 1. The van der Waals surface area contributed by atoms with Crippen molar-refractivity contribution in [1.82, 2.24) is 9.21 Å². The molecule has 9 heteroatoms. The average Bonchev–Trinajstić information content (AvgIpc) is 3.33. The normalized spacial score (nSPS) is 17.6. The van der Waals surface area contributed by atoms with E-state index in [0.29, 0.717) is 26.1 Å². The first-order valence-electron chi connectivity index (χ1n) is 10.6. The molecule has 0 bridgehead atoms. The monoisotopic (exact) mass is 476 g/mol. The Bertz CT molecular complexity index is 1140. The van der Waals surface area contributed by atoms with E-state index in [1.165, 1.54) is 29.4 Å². The van der Waals surface area contributed by atoms with Crippen LogP contribution in [0.2, 0.25) is 5.02 Å². The summed E-state index contributed by atoms with van der Waals surface area (Å²) in [7, 11) is -3.84. The van der Waals surface area contributed by atoms with E-state index in [1.807, 2.05) is 24.3 Å². The van der Waals surface area contributed by atoms with Crippen molar-refractivity contribution in [2.45, 2.75) is 43.7 Å². The van der Waals surface area contributed by atoms with E-state index in [4.69, 9.17) is 16.3 Å². The Morgan fingerprint density at radius 1 is 1.03 bits per heavy atom. The highest BCUT2D eigenvalue weighted by Crippen LogP contribution is 2.28. The number of nitrogens with zero attached hydrogens (tertiary/aromatic N) is 2. The highest BCUT2D eigenvalue weighted by molar-refractivity contribution is 7.89. The second-order valence-corrected chi connectivity index (χ2v) is 10.4. The minimum atomic E-state index is -3.84. The lowest BCUT2D eigenvalue weighted by Gasteiger charge is -2.28. The standard InChI is InChI=1S/C23H25ClN2O5S/c1-16(22(27)25-11-4-5-12-25)31-23(28)20-14-19(8-9-21(20)24)32(29,30)26-13-10-17-6-2-3-7-18(17)15-26/h2-3,6-9,14,16H,4-5,10-13,15H2,1H3. The van der Waals surface area contributed by atoms with Gasteiger partial charge in [0, 0.05) is 26.2 Å². The summed E-state index contributed by atoms with van der Waals surface area (Å²) in [6, 6.07) is 11.7. The van der Waals surface area contributed by atoms with Crippen LogP contribution in [0.4, 0.5) is 0 Å². The van der Waals surface area contributed by atoms with Crippen LogP contribution < -0.4 is 0 Å². The Kier molecular flexibility index (Phi) is 6.55. The van der Waals surface area contributed by atoms with Crippen LogP contribution >= 0.6 is 11.6 Å². The molecule has 0 saturated carbocycles. The van der Waals surface area contributed by atoms with Crippen molar-refractivity contribution in [3.8, 4) is 0 Å². The average molecular weight is 477 g/mol. The number of halogens is 1. The van der Waals surface area contributed by atoms with E-state index in [-0.39, 0.29) is 27.9 Å². The largest absolute Gasteiger partial charge is 0.449 e. The van der Waals surface area contributed by atoms with Gasteiger partial charge in [-0.25, -0.2) is 13.2 Å². The van der Waals surface area contributed by atoms with E-state index < -0.39 is 22.1 Å². The van der Waals surface area contributed by atoms with Crippen LogP contribution in [0.5, 0.6) is 0 Å². The predicted molar refractivity (Wildman–Crippen MR) is 120 cm³/mol. The Labute approximate surface area is 193 Å². The zero-order chi connectivity index (χ0) is 22.9. The molecular formula is C23H25ClN2O5S. The summed E-state index contributed by atoms with van der Waals surface area (Å²) >= 11 is 6.18. The molecule has 170 valence electrons. The van der Waals surface area contributed by atoms with Crippen LogP contribution in [0.15, 0.2) is 47.4 Å². The van der Waals surface area contributed by atoms with Crippen LogP contribution in [-0.2, 0) is 32.5 Å². The molecule has 7 nitrogen and oxygen atoms in total. The molecule has 0 aromatic heterocycles. The second-order valence-electron chi connectivity index (χ2n) is 8.08. The van der Waals surface area contributed by atoms with Gasteiger partial charge in [0.25, 0.3) is 5.91 Å². The Morgan fingerprint density at radius 2 is 1.72 bits per heavy atom. The Hall–Kier alpha value is -2.42. The van der Waals surface area contributed by atoms with Crippen LogP contribution in [-0.4, -0.2) is 55.2 Å². The maximum Gasteiger partial charge on any atom is 0.340 e. The van der Waals surface area contributed by atoms with Gasteiger partial charge in [-0.2, -0.15) is 4.31 Å². The molecule has 1 atom stereocenters. The van der Waals surface area contributed by atoms with Crippen molar-refractivity contribution >= 4 is 33.5 Å². The molecule has 1 fully saturated rings. The molecule has 2 aliphatic heterocycles. The quantitative estimate of drug-likeness (QED) is 0.618. The minimum Gasteiger partial charge on any atom is -0.449 e. The van der Waals surface area contributed by atoms with Crippen molar-refractivity contribution < 1.29 is 22.7 Å². The first-order valence-corrected chi connectivity index (χ1v) is 12.5. The highest BCUT2D eigenvalue weighted by atomic mass is 35.5. The number of carbonyl (C=O) groups excluding carboxylic acids is 2. The highest BCUT2D eigenvalue weighted by Gasteiger charge is 2.31. The second kappa shape index (κ2) is 9.21. The molecule has 2 heterocycles. The van der Waals surface area contributed by atoms with Gasteiger partial charge in [-0.05, 0) is 55.5 Å². The van der Waals surface area contributed by atoms with Gasteiger partial charge in [0.15, 0.2) is 6.10 Å². The number of likely N-dealkylation sites (tertiary alicyclic amines) is 1. The summed E-state index contributed by atoms with van der Waals surface area (Å²) in [5.74, 6) is -1.08. The van der Waals surface area contributed by atoms with Crippen molar-refractivity contribution in [2.75, 3.05) is 19.6 Å². The fourth-order valence-corrected chi connectivity index (χ4v) is 5.75. The topological polar surface area (TPSA) is 84.0 Å². The molecular weight excluding hydrogens is 452 g/mol. The van der Waals surface area contributed by atoms with Crippen molar-refractivity contribution in [3.05, 3.63) is 64.2 Å². The van der Waals surface area contributed by atoms with Crippen molar-refractivity contribution in [3.63, 3.8) is 0 Å².